The van der Waals surface area contributed by atoms with Gasteiger partial charge in [0.25, 0.3) is 5.91 Å². The van der Waals surface area contributed by atoms with Crippen LogP contribution in [0.1, 0.15) is 30.6 Å². The number of carbonyl (C=O) groups is 4. The molecule has 0 spiro atoms. The molecule has 0 aliphatic carbocycles. The average molecular weight is 458 g/mol. The fraction of sp³-hybridized carbons (Fsp3) is 0.444. The standard InChI is InChI=1S/C18H22BCl2N3O6/c1-10(2)5-14(19-24(8-16(26)29-19)9-17(27)30-19)23-15(25)7-22-18(28)12-6-11(20)3-4-13(12)21/h3-4,6,10,14,24H,5,7-9H2,1-2H3,(H,22,28)(H,23,25)/t14-/m0/s1. The highest BCUT2D eigenvalue weighted by atomic mass is 35.5. The van der Waals surface area contributed by atoms with E-state index in [4.69, 9.17) is 32.5 Å². The minimum atomic E-state index is -2.40. The molecule has 2 saturated heterocycles. The van der Waals surface area contributed by atoms with E-state index in [2.05, 4.69) is 10.6 Å². The first kappa shape index (κ1) is 22.4. The van der Waals surface area contributed by atoms with E-state index in [-0.39, 0.29) is 36.1 Å². The van der Waals surface area contributed by atoms with Crippen LogP contribution < -0.4 is 15.4 Å². The Morgan fingerprint density at radius 1 is 1.17 bits per heavy atom. The lowest BCUT2D eigenvalue weighted by atomic mass is 9.59. The van der Waals surface area contributed by atoms with Crippen molar-refractivity contribution in [3.05, 3.63) is 33.8 Å². The molecule has 0 bridgehead atoms. The molecule has 12 heteroatoms. The molecule has 162 valence electrons. The van der Waals surface area contributed by atoms with Crippen LogP contribution in [0.25, 0.3) is 0 Å². The van der Waals surface area contributed by atoms with Crippen molar-refractivity contribution in [3.8, 4) is 0 Å². The van der Waals surface area contributed by atoms with Crippen molar-refractivity contribution in [3.63, 3.8) is 0 Å². The van der Waals surface area contributed by atoms with E-state index >= 15 is 0 Å². The van der Waals surface area contributed by atoms with Crippen molar-refractivity contribution in [2.24, 2.45) is 5.92 Å². The molecule has 2 aliphatic rings. The number of halogens is 2. The first-order valence-electron chi connectivity index (χ1n) is 9.57. The number of hydrogen-bond acceptors (Lipinski definition) is 6. The van der Waals surface area contributed by atoms with Crippen LogP contribution in [-0.4, -0.2) is 56.0 Å². The Labute approximate surface area is 183 Å². The maximum absolute atomic E-state index is 12.6. The molecular formula is C18H22BCl2N3O6. The number of rotatable bonds is 7. The Morgan fingerprint density at radius 2 is 1.80 bits per heavy atom. The number of amides is 2. The third-order valence-corrected chi connectivity index (χ3v) is 5.67. The number of fused-ring (bicyclic) bond motifs is 1. The van der Waals surface area contributed by atoms with E-state index in [1.54, 1.807) is 6.07 Å². The second-order valence-electron chi connectivity index (χ2n) is 7.87. The summed E-state index contributed by atoms with van der Waals surface area (Å²) in [5, 5.41) is 5.78. The molecule has 2 heterocycles. The van der Waals surface area contributed by atoms with E-state index in [0.29, 0.717) is 16.3 Å². The molecule has 3 rings (SSSR count). The molecule has 2 fully saturated rings. The van der Waals surface area contributed by atoms with E-state index in [9.17, 15) is 19.2 Å². The van der Waals surface area contributed by atoms with Gasteiger partial charge < -0.3 is 24.8 Å². The highest BCUT2D eigenvalue weighted by molar-refractivity contribution is 6.66. The second-order valence-corrected chi connectivity index (χ2v) is 8.72. The van der Waals surface area contributed by atoms with E-state index < -0.39 is 36.4 Å². The third kappa shape index (κ3) is 4.71. The van der Waals surface area contributed by atoms with Gasteiger partial charge in [-0.3, -0.25) is 19.2 Å². The van der Waals surface area contributed by atoms with Crippen LogP contribution in [-0.2, 0) is 23.7 Å². The lowest BCUT2D eigenvalue weighted by Crippen LogP contribution is -3.21. The van der Waals surface area contributed by atoms with Gasteiger partial charge in [0.1, 0.15) is 13.1 Å². The maximum atomic E-state index is 12.6. The van der Waals surface area contributed by atoms with Gasteiger partial charge in [0.2, 0.25) is 5.91 Å². The lowest BCUT2D eigenvalue weighted by Gasteiger charge is -2.37. The zero-order chi connectivity index (χ0) is 22.1. The average Bonchev–Trinajstić information content (AvgIpc) is 3.12. The predicted molar refractivity (Wildman–Crippen MR) is 109 cm³/mol. The minimum absolute atomic E-state index is 0.000206. The molecule has 9 nitrogen and oxygen atoms in total. The zero-order valence-corrected chi connectivity index (χ0v) is 18.0. The third-order valence-electron chi connectivity index (χ3n) is 5.11. The maximum Gasteiger partial charge on any atom is 0.604 e. The molecule has 1 atom stereocenters. The van der Waals surface area contributed by atoms with Crippen LogP contribution in [0.2, 0.25) is 10.0 Å². The normalized spacial score (nSPS) is 23.6. The largest absolute Gasteiger partial charge is 0.604 e. The van der Waals surface area contributed by atoms with Crippen LogP contribution in [0.15, 0.2) is 18.2 Å². The summed E-state index contributed by atoms with van der Waals surface area (Å²) in [5.74, 6) is -2.64. The quantitative estimate of drug-likeness (QED) is 0.485. The molecular weight excluding hydrogens is 436 g/mol. The van der Waals surface area contributed by atoms with Gasteiger partial charge in [0.05, 0.1) is 23.1 Å². The van der Waals surface area contributed by atoms with Gasteiger partial charge in [-0.1, -0.05) is 37.0 Å². The summed E-state index contributed by atoms with van der Waals surface area (Å²) >= 11 is 11.9. The van der Waals surface area contributed by atoms with E-state index in [1.807, 2.05) is 13.8 Å². The van der Waals surface area contributed by atoms with E-state index in [1.165, 1.54) is 12.1 Å². The van der Waals surface area contributed by atoms with Crippen molar-refractivity contribution in [1.82, 2.24) is 10.6 Å². The number of benzene rings is 1. The number of hydrogen-bond donors (Lipinski definition) is 3. The molecule has 1 aromatic carbocycles. The highest BCUT2D eigenvalue weighted by Gasteiger charge is 2.64. The topological polar surface area (TPSA) is 115 Å². The summed E-state index contributed by atoms with van der Waals surface area (Å²) < 4.78 is 10.9. The Balaban J connectivity index is 1.69. The Hall–Kier alpha value is -2.30. The van der Waals surface area contributed by atoms with Crippen LogP contribution in [0.5, 0.6) is 0 Å². The molecule has 2 aliphatic heterocycles. The molecule has 3 N–H and O–H groups in total. The van der Waals surface area contributed by atoms with Crippen molar-refractivity contribution in [2.45, 2.75) is 26.2 Å². The number of carbonyl (C=O) groups excluding carboxylic acids is 4. The van der Waals surface area contributed by atoms with Crippen LogP contribution in [0.4, 0.5) is 0 Å². The summed E-state index contributed by atoms with van der Waals surface area (Å²) in [6.45, 7) is 1.12. The summed E-state index contributed by atoms with van der Waals surface area (Å²) in [6.07, 6.45) is 0.421. The fourth-order valence-electron chi connectivity index (χ4n) is 3.87. The minimum Gasteiger partial charge on any atom is -0.599 e. The van der Waals surface area contributed by atoms with Gasteiger partial charge in [0.15, 0.2) is 0 Å². The van der Waals surface area contributed by atoms with Crippen molar-refractivity contribution in [1.29, 1.82) is 0 Å². The Kier molecular flexibility index (Phi) is 6.59. The van der Waals surface area contributed by atoms with Gasteiger partial charge in [0, 0.05) is 5.02 Å². The van der Waals surface area contributed by atoms with Crippen molar-refractivity contribution in [2.75, 3.05) is 19.6 Å². The summed E-state index contributed by atoms with van der Waals surface area (Å²) in [6, 6.07) is 4.43. The Morgan fingerprint density at radius 3 is 2.40 bits per heavy atom. The summed E-state index contributed by atoms with van der Waals surface area (Å²) in [5.41, 5.74) is 0.142. The smallest absolute Gasteiger partial charge is 0.599 e. The zero-order valence-electron chi connectivity index (χ0n) is 16.5. The highest BCUT2D eigenvalue weighted by Crippen LogP contribution is 2.21. The van der Waals surface area contributed by atoms with Gasteiger partial charge in [-0.2, -0.15) is 0 Å². The Bertz CT molecular complexity index is 877. The first-order chi connectivity index (χ1) is 14.1. The molecule has 2 amide bonds. The van der Waals surface area contributed by atoms with Gasteiger partial charge in [-0.25, -0.2) is 0 Å². The monoisotopic (exact) mass is 457 g/mol. The molecule has 0 saturated carbocycles. The lowest BCUT2D eigenvalue weighted by molar-refractivity contribution is -0.777. The summed E-state index contributed by atoms with van der Waals surface area (Å²) in [7, 11) is 0. The molecule has 30 heavy (non-hydrogen) atoms. The number of quaternary nitrogens is 1. The summed E-state index contributed by atoms with van der Waals surface area (Å²) in [4.78, 5) is 49.2. The van der Waals surface area contributed by atoms with Crippen LogP contribution in [0.3, 0.4) is 0 Å². The first-order valence-corrected chi connectivity index (χ1v) is 10.3. The molecule has 0 unspecified atom stereocenters. The SMILES string of the molecule is CC(C)C[C@H](NC(=O)CNC(=O)c1cc(Cl)ccc1Cl)[B-]12OC(=O)C[NH+]1CC(=O)O2. The number of nitrogens with one attached hydrogen (secondary N) is 3. The predicted octanol–water partition coefficient (Wildman–Crippen LogP) is -0.269. The molecule has 0 radical (unpaired) electrons. The molecule has 1 aromatic rings. The molecule has 0 aromatic heterocycles. The second kappa shape index (κ2) is 8.83. The van der Waals surface area contributed by atoms with Crippen molar-refractivity contribution < 1.29 is 33.3 Å². The van der Waals surface area contributed by atoms with Gasteiger partial charge in [-0.05, 0) is 30.5 Å². The van der Waals surface area contributed by atoms with Gasteiger partial charge in [-0.15, -0.1) is 0 Å². The van der Waals surface area contributed by atoms with Gasteiger partial charge >= 0.3 is 18.6 Å². The van der Waals surface area contributed by atoms with Crippen LogP contribution in [0, 0.1) is 5.92 Å². The fourth-order valence-corrected chi connectivity index (χ4v) is 4.25. The van der Waals surface area contributed by atoms with Crippen LogP contribution >= 0.6 is 23.2 Å². The van der Waals surface area contributed by atoms with E-state index in [0.717, 1.165) is 0 Å². The van der Waals surface area contributed by atoms with Crippen molar-refractivity contribution >= 4 is 53.6 Å².